The fraction of sp³-hybridized carbons (Fsp3) is 0.529. The van der Waals surface area contributed by atoms with E-state index in [9.17, 15) is 9.59 Å². The quantitative estimate of drug-likeness (QED) is 0.811. The number of rotatable bonds is 7. The van der Waals surface area contributed by atoms with Crippen molar-refractivity contribution in [2.24, 2.45) is 0 Å². The van der Waals surface area contributed by atoms with Crippen LogP contribution >= 0.6 is 0 Å². The van der Waals surface area contributed by atoms with E-state index in [0.29, 0.717) is 12.8 Å². The van der Waals surface area contributed by atoms with Crippen molar-refractivity contribution in [1.82, 2.24) is 5.32 Å². The van der Waals surface area contributed by atoms with Crippen LogP contribution in [-0.4, -0.2) is 22.5 Å². The van der Waals surface area contributed by atoms with Crippen LogP contribution in [0.3, 0.4) is 0 Å². The van der Waals surface area contributed by atoms with Crippen LogP contribution in [0.1, 0.15) is 50.2 Å². The summed E-state index contributed by atoms with van der Waals surface area (Å²) < 4.78 is 0. The van der Waals surface area contributed by atoms with Crippen molar-refractivity contribution in [2.45, 2.75) is 57.4 Å². The molecule has 0 aromatic heterocycles. The van der Waals surface area contributed by atoms with Crippen LogP contribution in [0.25, 0.3) is 0 Å². The van der Waals surface area contributed by atoms with E-state index in [1.54, 1.807) is 0 Å². The van der Waals surface area contributed by atoms with Crippen molar-refractivity contribution in [3.63, 3.8) is 0 Å². The first kappa shape index (κ1) is 15.5. The lowest BCUT2D eigenvalue weighted by molar-refractivity contribution is -0.140. The minimum atomic E-state index is -0.842. The highest BCUT2D eigenvalue weighted by Crippen LogP contribution is 2.35. The molecule has 114 valence electrons. The molecule has 0 aliphatic heterocycles. The van der Waals surface area contributed by atoms with Gasteiger partial charge in [-0.1, -0.05) is 31.2 Å². The fourth-order valence-corrected chi connectivity index (χ4v) is 2.80. The van der Waals surface area contributed by atoms with Gasteiger partial charge in [0, 0.05) is 6.42 Å². The SMILES string of the molecule is CCc1ccc(CCC(=O)NC2(CC(=O)O)CCC2)cc1. The van der Waals surface area contributed by atoms with E-state index in [0.717, 1.165) is 31.2 Å². The van der Waals surface area contributed by atoms with E-state index in [1.165, 1.54) is 5.56 Å². The minimum Gasteiger partial charge on any atom is -0.481 e. The Hall–Kier alpha value is -1.84. The average Bonchev–Trinajstić information content (AvgIpc) is 2.43. The number of aryl methyl sites for hydroxylation is 2. The zero-order chi connectivity index (χ0) is 15.3. The Morgan fingerprint density at radius 3 is 2.29 bits per heavy atom. The molecule has 0 bridgehead atoms. The Kier molecular flexibility index (Phi) is 4.99. The zero-order valence-corrected chi connectivity index (χ0v) is 12.5. The second kappa shape index (κ2) is 6.74. The van der Waals surface area contributed by atoms with Crippen molar-refractivity contribution in [1.29, 1.82) is 0 Å². The second-order valence-corrected chi connectivity index (χ2v) is 5.92. The Morgan fingerprint density at radius 1 is 1.19 bits per heavy atom. The summed E-state index contributed by atoms with van der Waals surface area (Å²) in [6.07, 6.45) is 4.69. The number of nitrogens with one attached hydrogen (secondary N) is 1. The van der Waals surface area contributed by atoms with E-state index >= 15 is 0 Å². The normalized spacial score (nSPS) is 16.0. The summed E-state index contributed by atoms with van der Waals surface area (Å²) in [4.78, 5) is 22.9. The highest BCUT2D eigenvalue weighted by atomic mass is 16.4. The topological polar surface area (TPSA) is 66.4 Å². The molecule has 2 rings (SSSR count). The molecule has 1 fully saturated rings. The molecule has 21 heavy (non-hydrogen) atoms. The molecule has 1 aromatic rings. The standard InChI is InChI=1S/C17H23NO3/c1-2-13-4-6-14(7-5-13)8-9-15(19)18-17(10-3-11-17)12-16(20)21/h4-7H,2-3,8-12H2,1H3,(H,18,19)(H,20,21). The monoisotopic (exact) mass is 289 g/mol. The summed E-state index contributed by atoms with van der Waals surface area (Å²) in [7, 11) is 0. The van der Waals surface area contributed by atoms with Crippen molar-refractivity contribution in [3.05, 3.63) is 35.4 Å². The van der Waals surface area contributed by atoms with Gasteiger partial charge in [-0.2, -0.15) is 0 Å². The lowest BCUT2D eigenvalue weighted by atomic mass is 9.74. The molecular weight excluding hydrogens is 266 g/mol. The van der Waals surface area contributed by atoms with Gasteiger partial charge in [-0.15, -0.1) is 0 Å². The van der Waals surface area contributed by atoms with Gasteiger partial charge in [0.15, 0.2) is 0 Å². The van der Waals surface area contributed by atoms with Gasteiger partial charge < -0.3 is 10.4 Å². The summed E-state index contributed by atoms with van der Waals surface area (Å²) >= 11 is 0. The number of hydrogen-bond acceptors (Lipinski definition) is 2. The van der Waals surface area contributed by atoms with Gasteiger partial charge in [-0.25, -0.2) is 0 Å². The van der Waals surface area contributed by atoms with Crippen LogP contribution in [0.15, 0.2) is 24.3 Å². The molecule has 0 heterocycles. The molecule has 1 aromatic carbocycles. The molecule has 1 saturated carbocycles. The Balaban J connectivity index is 1.82. The Bertz CT molecular complexity index is 503. The number of amides is 1. The lowest BCUT2D eigenvalue weighted by Gasteiger charge is -2.41. The molecule has 4 heteroatoms. The fourth-order valence-electron chi connectivity index (χ4n) is 2.80. The predicted octanol–water partition coefficient (Wildman–Crippen LogP) is 2.70. The molecule has 1 aliphatic carbocycles. The van der Waals surface area contributed by atoms with Crippen molar-refractivity contribution < 1.29 is 14.7 Å². The third kappa shape index (κ3) is 4.31. The first-order valence-electron chi connectivity index (χ1n) is 7.64. The maximum absolute atomic E-state index is 12.0. The van der Waals surface area contributed by atoms with Gasteiger partial charge in [0.25, 0.3) is 0 Å². The van der Waals surface area contributed by atoms with E-state index in [4.69, 9.17) is 5.11 Å². The van der Waals surface area contributed by atoms with Crippen LogP contribution in [0, 0.1) is 0 Å². The molecule has 0 saturated heterocycles. The molecule has 0 spiro atoms. The van der Waals surface area contributed by atoms with Gasteiger partial charge in [0.05, 0.1) is 12.0 Å². The van der Waals surface area contributed by atoms with Gasteiger partial charge in [-0.3, -0.25) is 9.59 Å². The Morgan fingerprint density at radius 2 is 1.81 bits per heavy atom. The molecule has 4 nitrogen and oxygen atoms in total. The van der Waals surface area contributed by atoms with Gasteiger partial charge in [-0.05, 0) is 43.2 Å². The molecule has 0 radical (unpaired) electrons. The summed E-state index contributed by atoms with van der Waals surface area (Å²) in [5.41, 5.74) is 1.94. The summed E-state index contributed by atoms with van der Waals surface area (Å²) in [6, 6.07) is 8.29. The number of aliphatic carboxylic acids is 1. The van der Waals surface area contributed by atoms with Crippen LogP contribution in [0.2, 0.25) is 0 Å². The number of hydrogen-bond donors (Lipinski definition) is 2. The van der Waals surface area contributed by atoms with Gasteiger partial charge in [0.1, 0.15) is 0 Å². The number of carbonyl (C=O) groups excluding carboxylic acids is 1. The second-order valence-electron chi connectivity index (χ2n) is 5.92. The average molecular weight is 289 g/mol. The maximum Gasteiger partial charge on any atom is 0.305 e. The number of benzene rings is 1. The van der Waals surface area contributed by atoms with Gasteiger partial charge in [0.2, 0.25) is 5.91 Å². The summed E-state index contributed by atoms with van der Waals surface area (Å²) in [5.74, 6) is -0.888. The highest BCUT2D eigenvalue weighted by Gasteiger charge is 2.40. The third-order valence-corrected chi connectivity index (χ3v) is 4.28. The van der Waals surface area contributed by atoms with E-state index in [2.05, 4.69) is 36.5 Å². The first-order valence-corrected chi connectivity index (χ1v) is 7.64. The van der Waals surface area contributed by atoms with Crippen molar-refractivity contribution >= 4 is 11.9 Å². The zero-order valence-electron chi connectivity index (χ0n) is 12.5. The largest absolute Gasteiger partial charge is 0.481 e. The molecule has 0 unspecified atom stereocenters. The van der Waals surface area contributed by atoms with Crippen molar-refractivity contribution in [3.8, 4) is 0 Å². The number of carboxylic acid groups (broad SMARTS) is 1. The third-order valence-electron chi connectivity index (χ3n) is 4.28. The van der Waals surface area contributed by atoms with E-state index in [-0.39, 0.29) is 12.3 Å². The molecule has 1 aliphatic rings. The first-order chi connectivity index (χ1) is 10.0. The maximum atomic E-state index is 12.0. The summed E-state index contributed by atoms with van der Waals surface area (Å²) in [5, 5.41) is 11.9. The summed E-state index contributed by atoms with van der Waals surface area (Å²) in [6.45, 7) is 2.11. The van der Waals surface area contributed by atoms with Crippen LogP contribution in [0.5, 0.6) is 0 Å². The smallest absolute Gasteiger partial charge is 0.305 e. The molecule has 0 atom stereocenters. The van der Waals surface area contributed by atoms with E-state index < -0.39 is 11.5 Å². The molecular formula is C17H23NO3. The lowest BCUT2D eigenvalue weighted by Crippen LogP contribution is -2.54. The predicted molar refractivity (Wildman–Crippen MR) is 81.1 cm³/mol. The molecule has 1 amide bonds. The Labute approximate surface area is 125 Å². The van der Waals surface area contributed by atoms with Crippen molar-refractivity contribution in [2.75, 3.05) is 0 Å². The number of carbonyl (C=O) groups is 2. The van der Waals surface area contributed by atoms with Crippen LogP contribution in [-0.2, 0) is 22.4 Å². The van der Waals surface area contributed by atoms with E-state index in [1.807, 2.05) is 0 Å². The van der Waals surface area contributed by atoms with Crippen LogP contribution in [0.4, 0.5) is 0 Å². The van der Waals surface area contributed by atoms with Crippen LogP contribution < -0.4 is 5.32 Å². The van der Waals surface area contributed by atoms with Gasteiger partial charge >= 0.3 is 5.97 Å². The molecule has 2 N–H and O–H groups in total. The highest BCUT2D eigenvalue weighted by molar-refractivity contribution is 5.78. The number of carboxylic acids is 1. The minimum absolute atomic E-state index is 0.0317.